The van der Waals surface area contributed by atoms with Gasteiger partial charge in [-0.25, -0.2) is 4.98 Å². The van der Waals surface area contributed by atoms with Gasteiger partial charge in [-0.05, 0) is 43.9 Å². The number of nitrogens with two attached hydrogens (primary N) is 1. The molecule has 0 saturated carbocycles. The molecule has 3 nitrogen and oxygen atoms in total. The van der Waals surface area contributed by atoms with Crippen LogP contribution in [0.3, 0.4) is 0 Å². The van der Waals surface area contributed by atoms with Gasteiger partial charge in [0, 0.05) is 13.0 Å². The monoisotopic (exact) mass is 287 g/mol. The number of benzene rings is 1. The maximum Gasteiger partial charge on any atom is 0.109 e. The van der Waals surface area contributed by atoms with E-state index in [9.17, 15) is 0 Å². The normalized spacial score (nSPS) is 12.9. The van der Waals surface area contributed by atoms with Crippen molar-refractivity contribution in [3.05, 3.63) is 30.1 Å². The Morgan fingerprint density at radius 2 is 1.90 bits per heavy atom. The first kappa shape index (κ1) is 16.0. The molecule has 2 rings (SSSR count). The topological polar surface area (TPSA) is 43.8 Å². The molecule has 1 aromatic heterocycles. The van der Waals surface area contributed by atoms with Crippen molar-refractivity contribution in [1.82, 2.24) is 9.55 Å². The zero-order chi connectivity index (χ0) is 15.1. The van der Waals surface area contributed by atoms with Crippen LogP contribution in [0.5, 0.6) is 0 Å². The van der Waals surface area contributed by atoms with Crippen LogP contribution in [0, 0.1) is 5.92 Å². The third-order valence-electron chi connectivity index (χ3n) is 4.23. The molecule has 0 amide bonds. The van der Waals surface area contributed by atoms with Gasteiger partial charge < -0.3 is 10.3 Å². The fourth-order valence-corrected chi connectivity index (χ4v) is 3.20. The van der Waals surface area contributed by atoms with Crippen molar-refractivity contribution in [1.29, 1.82) is 0 Å². The summed E-state index contributed by atoms with van der Waals surface area (Å²) < 4.78 is 2.40. The third-order valence-corrected chi connectivity index (χ3v) is 4.23. The van der Waals surface area contributed by atoms with Crippen LogP contribution in [-0.2, 0) is 13.0 Å². The van der Waals surface area contributed by atoms with Crippen molar-refractivity contribution in [3.8, 4) is 0 Å². The van der Waals surface area contributed by atoms with E-state index in [2.05, 4.69) is 42.7 Å². The summed E-state index contributed by atoms with van der Waals surface area (Å²) in [7, 11) is 0. The van der Waals surface area contributed by atoms with Gasteiger partial charge in [0.1, 0.15) is 5.82 Å². The van der Waals surface area contributed by atoms with Crippen LogP contribution in [0.25, 0.3) is 11.0 Å². The molecular formula is C18H29N3. The average Bonchev–Trinajstić information content (AvgIpc) is 2.84. The first-order valence-corrected chi connectivity index (χ1v) is 8.44. The predicted molar refractivity (Wildman–Crippen MR) is 90.4 cm³/mol. The van der Waals surface area contributed by atoms with Gasteiger partial charge in [0.05, 0.1) is 11.0 Å². The molecule has 0 radical (unpaired) electrons. The molecule has 0 aliphatic carbocycles. The van der Waals surface area contributed by atoms with Crippen LogP contribution in [0.4, 0.5) is 0 Å². The van der Waals surface area contributed by atoms with Crippen molar-refractivity contribution >= 4 is 11.0 Å². The molecule has 0 fully saturated rings. The maximum absolute atomic E-state index is 5.75. The fourth-order valence-electron chi connectivity index (χ4n) is 3.20. The quantitative estimate of drug-likeness (QED) is 0.753. The Balaban J connectivity index is 2.14. The van der Waals surface area contributed by atoms with Crippen molar-refractivity contribution in [2.45, 2.75) is 58.9 Å². The standard InChI is InChI=1S/C18H29N3/c1-3-7-15(12-13-19)10-11-18-20-16-8-5-6-9-17(16)21(18)14-4-2/h5-6,8-9,15H,3-4,7,10-14,19H2,1-2H3. The highest BCUT2D eigenvalue weighted by Gasteiger charge is 2.13. The molecule has 1 heterocycles. The number of fused-ring (bicyclic) bond motifs is 1. The second-order valence-electron chi connectivity index (χ2n) is 5.94. The SMILES string of the molecule is CCCC(CCN)CCc1nc2ccccc2n1CCC. The molecule has 1 atom stereocenters. The van der Waals surface area contributed by atoms with Gasteiger partial charge in [-0.1, -0.05) is 38.8 Å². The van der Waals surface area contributed by atoms with Crippen LogP contribution in [0.15, 0.2) is 24.3 Å². The second kappa shape index (κ2) is 8.18. The molecule has 0 aliphatic heterocycles. The molecule has 1 unspecified atom stereocenters. The molecule has 2 aromatic rings. The van der Waals surface area contributed by atoms with E-state index in [1.54, 1.807) is 0 Å². The maximum atomic E-state index is 5.75. The minimum atomic E-state index is 0.745. The molecule has 0 aliphatic rings. The van der Waals surface area contributed by atoms with Crippen molar-refractivity contribution < 1.29 is 0 Å². The largest absolute Gasteiger partial charge is 0.330 e. The van der Waals surface area contributed by atoms with Crippen LogP contribution in [0.2, 0.25) is 0 Å². The lowest BCUT2D eigenvalue weighted by atomic mass is 9.94. The van der Waals surface area contributed by atoms with Crippen LogP contribution < -0.4 is 5.73 Å². The first-order chi connectivity index (χ1) is 10.3. The molecule has 0 bridgehead atoms. The Hall–Kier alpha value is -1.35. The predicted octanol–water partition coefficient (Wildman–Crippen LogP) is 4.14. The summed E-state index contributed by atoms with van der Waals surface area (Å²) in [5.74, 6) is 1.99. The minimum absolute atomic E-state index is 0.745. The highest BCUT2D eigenvalue weighted by molar-refractivity contribution is 5.75. The highest BCUT2D eigenvalue weighted by Crippen LogP contribution is 2.21. The van der Waals surface area contributed by atoms with Gasteiger partial charge in [-0.15, -0.1) is 0 Å². The highest BCUT2D eigenvalue weighted by atomic mass is 15.1. The summed E-state index contributed by atoms with van der Waals surface area (Å²) in [5, 5.41) is 0. The lowest BCUT2D eigenvalue weighted by molar-refractivity contribution is 0.414. The number of para-hydroxylation sites is 2. The number of imidazole rings is 1. The van der Waals surface area contributed by atoms with Crippen molar-refractivity contribution in [3.63, 3.8) is 0 Å². The molecule has 1 aromatic carbocycles. The van der Waals surface area contributed by atoms with Crippen molar-refractivity contribution in [2.75, 3.05) is 6.54 Å². The minimum Gasteiger partial charge on any atom is -0.330 e. The van der Waals surface area contributed by atoms with Crippen molar-refractivity contribution in [2.24, 2.45) is 11.7 Å². The average molecular weight is 287 g/mol. The summed E-state index contributed by atoms with van der Waals surface area (Å²) in [5.41, 5.74) is 8.16. The van der Waals surface area contributed by atoms with E-state index in [1.807, 2.05) is 0 Å². The zero-order valence-electron chi connectivity index (χ0n) is 13.5. The Kier molecular flexibility index (Phi) is 6.24. The van der Waals surface area contributed by atoms with Gasteiger partial charge in [0.15, 0.2) is 0 Å². The molecule has 2 N–H and O–H groups in total. The van der Waals surface area contributed by atoms with E-state index in [4.69, 9.17) is 10.7 Å². The van der Waals surface area contributed by atoms with Gasteiger partial charge in [0.25, 0.3) is 0 Å². The van der Waals surface area contributed by atoms with Gasteiger partial charge in [-0.2, -0.15) is 0 Å². The second-order valence-corrected chi connectivity index (χ2v) is 5.94. The summed E-state index contributed by atoms with van der Waals surface area (Å²) in [6.07, 6.45) is 7.09. The van der Waals surface area contributed by atoms with Gasteiger partial charge >= 0.3 is 0 Å². The van der Waals surface area contributed by atoms with Crippen LogP contribution >= 0.6 is 0 Å². The van der Waals surface area contributed by atoms with E-state index >= 15 is 0 Å². The van der Waals surface area contributed by atoms with Gasteiger partial charge in [0.2, 0.25) is 0 Å². The van der Waals surface area contributed by atoms with E-state index in [-0.39, 0.29) is 0 Å². The van der Waals surface area contributed by atoms with E-state index in [0.29, 0.717) is 0 Å². The number of hydrogen-bond acceptors (Lipinski definition) is 2. The van der Waals surface area contributed by atoms with Gasteiger partial charge in [-0.3, -0.25) is 0 Å². The van der Waals surface area contributed by atoms with E-state index < -0.39 is 0 Å². The zero-order valence-corrected chi connectivity index (χ0v) is 13.5. The lowest BCUT2D eigenvalue weighted by Gasteiger charge is -2.15. The number of aromatic nitrogens is 2. The summed E-state index contributed by atoms with van der Waals surface area (Å²) in [4.78, 5) is 4.86. The number of rotatable bonds is 9. The van der Waals surface area contributed by atoms with Crippen LogP contribution in [0.1, 0.15) is 51.8 Å². The first-order valence-electron chi connectivity index (χ1n) is 8.44. The Morgan fingerprint density at radius 1 is 1.10 bits per heavy atom. The molecule has 116 valence electrons. The number of nitrogens with zero attached hydrogens (tertiary/aromatic N) is 2. The van der Waals surface area contributed by atoms with E-state index in [0.717, 1.165) is 43.8 Å². The molecule has 21 heavy (non-hydrogen) atoms. The molecule has 0 spiro atoms. The molecular weight excluding hydrogens is 258 g/mol. The Bertz CT molecular complexity index is 538. The Morgan fingerprint density at radius 3 is 2.62 bits per heavy atom. The van der Waals surface area contributed by atoms with E-state index in [1.165, 1.54) is 30.6 Å². The number of aryl methyl sites for hydroxylation is 2. The number of hydrogen-bond donors (Lipinski definition) is 1. The van der Waals surface area contributed by atoms with Crippen LogP contribution in [-0.4, -0.2) is 16.1 Å². The molecule has 0 saturated heterocycles. The lowest BCUT2D eigenvalue weighted by Crippen LogP contribution is -2.11. The summed E-state index contributed by atoms with van der Waals surface area (Å²) >= 11 is 0. The fraction of sp³-hybridized carbons (Fsp3) is 0.611. The smallest absolute Gasteiger partial charge is 0.109 e. The molecule has 3 heteroatoms. The Labute approximate surface area is 128 Å². The third kappa shape index (κ3) is 4.07. The summed E-state index contributed by atoms with van der Waals surface area (Å²) in [6, 6.07) is 8.48. The summed E-state index contributed by atoms with van der Waals surface area (Å²) in [6.45, 7) is 6.35.